The molecule has 2 aliphatic rings. The smallest absolute Gasteiger partial charge is 0.0258 e. The third-order valence-electron chi connectivity index (χ3n) is 7.70. The highest BCUT2D eigenvalue weighted by atomic mass is 14.9. The maximum Gasteiger partial charge on any atom is 0.0258 e. The van der Waals surface area contributed by atoms with Gasteiger partial charge < -0.3 is 10.6 Å². The van der Waals surface area contributed by atoms with Crippen molar-refractivity contribution >= 4 is 0 Å². The molecule has 242 valence electrons. The zero-order valence-corrected chi connectivity index (χ0v) is 30.3. The first-order valence-corrected chi connectivity index (χ1v) is 17.1. The molecule has 2 nitrogen and oxygen atoms in total. The summed E-state index contributed by atoms with van der Waals surface area (Å²) in [6.45, 7) is 34.8. The first-order valence-electron chi connectivity index (χ1n) is 17.1. The maximum absolute atomic E-state index is 3.70. The van der Waals surface area contributed by atoms with Gasteiger partial charge in [0.2, 0.25) is 0 Å². The summed E-state index contributed by atoms with van der Waals surface area (Å²) >= 11 is 0. The maximum atomic E-state index is 3.70. The van der Waals surface area contributed by atoms with Crippen molar-refractivity contribution < 1.29 is 0 Å². The van der Waals surface area contributed by atoms with Crippen molar-refractivity contribution in [1.82, 2.24) is 10.6 Å². The SMILES string of the molecule is C=C(C)C.CC(C)=CC(CC(C)C1=CCC(C)C=C1)NCC(C)C.CCC(C[C@H](C)C1=CCC(C)C=C1)NCC(C)C. The fourth-order valence-corrected chi connectivity index (χ4v) is 5.10. The lowest BCUT2D eigenvalue weighted by Crippen LogP contribution is -2.33. The Balaban J connectivity index is 0.000000713. The lowest BCUT2D eigenvalue weighted by molar-refractivity contribution is 0.397. The lowest BCUT2D eigenvalue weighted by Gasteiger charge is -2.24. The van der Waals surface area contributed by atoms with Gasteiger partial charge in [-0.1, -0.05) is 116 Å². The Bertz CT molecular complexity index is 873. The Kier molecular flexibility index (Phi) is 21.9. The van der Waals surface area contributed by atoms with Crippen LogP contribution in [0, 0.1) is 35.5 Å². The number of nitrogens with one attached hydrogen (secondary N) is 2. The van der Waals surface area contributed by atoms with Crippen molar-refractivity contribution in [2.45, 2.75) is 134 Å². The summed E-state index contributed by atoms with van der Waals surface area (Å²) in [5.41, 5.74) is 5.62. The molecule has 0 spiro atoms. The molecule has 6 atom stereocenters. The van der Waals surface area contributed by atoms with Gasteiger partial charge in [0, 0.05) is 12.1 Å². The van der Waals surface area contributed by atoms with E-state index in [1.165, 1.54) is 54.4 Å². The van der Waals surface area contributed by atoms with Crippen molar-refractivity contribution in [2.75, 3.05) is 13.1 Å². The predicted octanol–water partition coefficient (Wildman–Crippen LogP) is 11.3. The van der Waals surface area contributed by atoms with Crippen molar-refractivity contribution in [3.05, 3.63) is 71.4 Å². The quantitative estimate of drug-likeness (QED) is 0.200. The van der Waals surface area contributed by atoms with Crippen molar-refractivity contribution in [1.29, 1.82) is 0 Å². The Hall–Kier alpha value is -1.64. The van der Waals surface area contributed by atoms with Crippen LogP contribution in [0.4, 0.5) is 0 Å². The van der Waals surface area contributed by atoms with E-state index in [1.807, 2.05) is 13.8 Å². The molecule has 0 bridgehead atoms. The summed E-state index contributed by atoms with van der Waals surface area (Å²) in [4.78, 5) is 0. The van der Waals surface area contributed by atoms with Gasteiger partial charge in [-0.15, -0.1) is 6.58 Å². The summed E-state index contributed by atoms with van der Waals surface area (Å²) in [6.07, 6.45) is 22.7. The standard InChI is InChI=1S/C19H33N.C17H31N.C4H8/c1-14(2)11-19(20-13-15(3)4)12-17(6)18-9-7-16(5)8-10-18;1-6-17(18-12-13(2)3)11-15(5)16-9-7-14(4)8-10-16;1-4(2)3/h7,9-11,15-17,19-20H,8,12-13H2,1-6H3;7,9-10,13-15,17-18H,6,8,11-12H2,1-5H3;1H2,2-3H3/t;14?,15-,17?;/m.0./s1. The Morgan fingerprint density at radius 3 is 1.57 bits per heavy atom. The van der Waals surface area contributed by atoms with E-state index in [9.17, 15) is 0 Å². The second kappa shape index (κ2) is 22.8. The minimum atomic E-state index is 0.492. The van der Waals surface area contributed by atoms with Gasteiger partial charge >= 0.3 is 0 Å². The van der Waals surface area contributed by atoms with Crippen LogP contribution in [0.5, 0.6) is 0 Å². The Morgan fingerprint density at radius 2 is 1.21 bits per heavy atom. The summed E-state index contributed by atoms with van der Waals surface area (Å²) in [6, 6.07) is 1.15. The average Bonchev–Trinajstić information content (AvgIpc) is 2.90. The second-order valence-corrected chi connectivity index (χ2v) is 14.6. The van der Waals surface area contributed by atoms with Crippen LogP contribution in [-0.2, 0) is 0 Å². The van der Waals surface area contributed by atoms with Gasteiger partial charge in [-0.05, 0) is 120 Å². The number of allylic oxidation sites excluding steroid dienone is 10. The molecule has 0 aromatic heterocycles. The highest BCUT2D eigenvalue weighted by Gasteiger charge is 2.17. The third kappa shape index (κ3) is 21.1. The summed E-state index contributed by atoms with van der Waals surface area (Å²) in [7, 11) is 0. The van der Waals surface area contributed by atoms with E-state index in [0.717, 1.165) is 24.9 Å². The molecule has 42 heavy (non-hydrogen) atoms. The molecule has 2 heteroatoms. The van der Waals surface area contributed by atoms with E-state index < -0.39 is 0 Å². The van der Waals surface area contributed by atoms with Gasteiger partial charge in [0.05, 0.1) is 0 Å². The molecule has 0 amide bonds. The van der Waals surface area contributed by atoms with Crippen LogP contribution in [0.15, 0.2) is 71.4 Å². The Labute approximate surface area is 264 Å². The molecule has 0 heterocycles. The monoisotopic (exact) mass is 581 g/mol. The lowest BCUT2D eigenvalue weighted by atomic mass is 9.87. The van der Waals surface area contributed by atoms with Gasteiger partial charge in [0.1, 0.15) is 0 Å². The molecule has 0 saturated heterocycles. The molecule has 0 radical (unpaired) electrons. The largest absolute Gasteiger partial charge is 0.314 e. The molecular weight excluding hydrogens is 508 g/mol. The van der Waals surface area contributed by atoms with Crippen LogP contribution < -0.4 is 10.6 Å². The van der Waals surface area contributed by atoms with E-state index in [-0.39, 0.29) is 0 Å². The zero-order valence-electron chi connectivity index (χ0n) is 30.3. The number of rotatable bonds is 14. The van der Waals surface area contributed by atoms with E-state index in [0.29, 0.717) is 35.8 Å². The van der Waals surface area contributed by atoms with Crippen LogP contribution >= 0.6 is 0 Å². The molecule has 0 fully saturated rings. The van der Waals surface area contributed by atoms with Crippen molar-refractivity contribution in [3.8, 4) is 0 Å². The molecule has 0 aromatic carbocycles. The van der Waals surface area contributed by atoms with Crippen molar-refractivity contribution in [3.63, 3.8) is 0 Å². The molecule has 2 rings (SSSR count). The highest BCUT2D eigenvalue weighted by Crippen LogP contribution is 2.26. The minimum Gasteiger partial charge on any atom is -0.314 e. The Morgan fingerprint density at radius 1 is 0.786 bits per heavy atom. The molecule has 2 N–H and O–H groups in total. The molecule has 5 unspecified atom stereocenters. The predicted molar refractivity (Wildman–Crippen MR) is 193 cm³/mol. The van der Waals surface area contributed by atoms with Crippen molar-refractivity contribution in [2.24, 2.45) is 35.5 Å². The van der Waals surface area contributed by atoms with Crippen LogP contribution in [-0.4, -0.2) is 25.2 Å². The van der Waals surface area contributed by atoms with Gasteiger partial charge in [-0.25, -0.2) is 0 Å². The van der Waals surface area contributed by atoms with Crippen LogP contribution in [0.1, 0.15) is 122 Å². The van der Waals surface area contributed by atoms with E-state index >= 15 is 0 Å². The fourth-order valence-electron chi connectivity index (χ4n) is 5.10. The van der Waals surface area contributed by atoms with Crippen LogP contribution in [0.3, 0.4) is 0 Å². The molecule has 2 aliphatic carbocycles. The summed E-state index contributed by atoms with van der Waals surface area (Å²) in [5.74, 6) is 4.18. The van der Waals surface area contributed by atoms with Crippen LogP contribution in [0.25, 0.3) is 0 Å². The van der Waals surface area contributed by atoms with Gasteiger partial charge in [0.15, 0.2) is 0 Å². The van der Waals surface area contributed by atoms with Gasteiger partial charge in [0.25, 0.3) is 0 Å². The molecule has 0 aromatic rings. The first-order chi connectivity index (χ1) is 19.6. The second-order valence-electron chi connectivity index (χ2n) is 14.6. The van der Waals surface area contributed by atoms with E-state index in [4.69, 9.17) is 0 Å². The highest BCUT2D eigenvalue weighted by molar-refractivity contribution is 5.26. The topological polar surface area (TPSA) is 24.1 Å². The van der Waals surface area contributed by atoms with Gasteiger partial charge in [-0.3, -0.25) is 0 Å². The van der Waals surface area contributed by atoms with Crippen LogP contribution in [0.2, 0.25) is 0 Å². The molecule has 0 aliphatic heterocycles. The van der Waals surface area contributed by atoms with E-state index in [1.54, 1.807) is 0 Å². The third-order valence-corrected chi connectivity index (χ3v) is 7.70. The number of hydrogen-bond donors (Lipinski definition) is 2. The van der Waals surface area contributed by atoms with Gasteiger partial charge in [-0.2, -0.15) is 0 Å². The first kappa shape index (κ1) is 40.4. The minimum absolute atomic E-state index is 0.492. The van der Waals surface area contributed by atoms with E-state index in [2.05, 4.69) is 136 Å². The summed E-state index contributed by atoms with van der Waals surface area (Å²) < 4.78 is 0. The fraction of sp³-hybridized carbons (Fsp3) is 0.700. The average molecular weight is 581 g/mol. The zero-order chi connectivity index (χ0) is 32.2. The molecular formula is C40H72N2. The normalized spacial score (nSPS) is 20.7. The number of hydrogen-bond acceptors (Lipinski definition) is 2. The summed E-state index contributed by atoms with van der Waals surface area (Å²) in [5, 5.41) is 7.40. The molecule has 0 saturated carbocycles.